The van der Waals surface area contributed by atoms with Gasteiger partial charge in [-0.05, 0) is 30.2 Å². The number of rotatable bonds is 6. The maximum absolute atomic E-state index is 12.9. The number of Topliss-reactive ketones (excluding diaryl/α,β-unsaturated/α-hetero) is 1. The highest BCUT2D eigenvalue weighted by Crippen LogP contribution is 2.41. The third-order valence-corrected chi connectivity index (χ3v) is 4.55. The molecule has 0 radical (unpaired) electrons. The van der Waals surface area contributed by atoms with Crippen LogP contribution in [0.15, 0.2) is 78.9 Å². The summed E-state index contributed by atoms with van der Waals surface area (Å²) in [6, 6.07) is 25.4. The van der Waals surface area contributed by atoms with Crippen molar-refractivity contribution in [3.05, 3.63) is 101 Å². The molecule has 3 heteroatoms. The smallest absolute Gasteiger partial charge is 0.198 e. The molecule has 0 N–H and O–H groups in total. The van der Waals surface area contributed by atoms with Crippen LogP contribution in [0.2, 0.25) is 0 Å². The number of ether oxygens (including phenoxy) is 2. The Morgan fingerprint density at radius 2 is 1.62 bits per heavy atom. The summed E-state index contributed by atoms with van der Waals surface area (Å²) in [5, 5.41) is 0. The zero-order valence-corrected chi connectivity index (χ0v) is 14.6. The van der Waals surface area contributed by atoms with Gasteiger partial charge < -0.3 is 9.47 Å². The normalized spacial score (nSPS) is 18.3. The Labute approximate surface area is 153 Å². The molecular formula is C23H20O3. The van der Waals surface area contributed by atoms with Crippen molar-refractivity contribution >= 4 is 5.78 Å². The van der Waals surface area contributed by atoms with Crippen LogP contribution in [0, 0.1) is 6.92 Å². The van der Waals surface area contributed by atoms with Gasteiger partial charge >= 0.3 is 0 Å². The van der Waals surface area contributed by atoms with Crippen LogP contribution in [0.1, 0.15) is 33.2 Å². The van der Waals surface area contributed by atoms with Gasteiger partial charge in [0, 0.05) is 0 Å². The molecule has 0 saturated carbocycles. The first-order valence-electron chi connectivity index (χ1n) is 8.74. The van der Waals surface area contributed by atoms with Gasteiger partial charge in [0.15, 0.2) is 11.9 Å². The minimum Gasteiger partial charge on any atom is -0.488 e. The Morgan fingerprint density at radius 1 is 0.923 bits per heavy atom. The van der Waals surface area contributed by atoms with Crippen LogP contribution >= 0.6 is 0 Å². The molecule has 2 unspecified atom stereocenters. The first-order chi connectivity index (χ1) is 12.7. The van der Waals surface area contributed by atoms with Gasteiger partial charge in [-0.1, -0.05) is 72.3 Å². The third-order valence-electron chi connectivity index (χ3n) is 4.55. The first-order valence-corrected chi connectivity index (χ1v) is 8.74. The fraction of sp³-hybridized carbons (Fsp3) is 0.174. The van der Waals surface area contributed by atoms with E-state index in [1.54, 1.807) is 6.07 Å². The molecule has 130 valence electrons. The maximum atomic E-state index is 12.9. The highest BCUT2D eigenvalue weighted by Gasteiger charge is 2.46. The number of carbonyl (C=O) groups excluding carboxylic acids is 1. The van der Waals surface area contributed by atoms with Crippen molar-refractivity contribution in [2.75, 3.05) is 0 Å². The molecule has 3 nitrogen and oxygen atoms in total. The van der Waals surface area contributed by atoms with Crippen LogP contribution in [0.3, 0.4) is 0 Å². The van der Waals surface area contributed by atoms with Gasteiger partial charge in [0.1, 0.15) is 18.5 Å². The third kappa shape index (κ3) is 3.53. The number of hydrogen-bond donors (Lipinski definition) is 0. The van der Waals surface area contributed by atoms with Gasteiger partial charge in [-0.2, -0.15) is 0 Å². The lowest BCUT2D eigenvalue weighted by atomic mass is 10.0. The molecule has 1 heterocycles. The summed E-state index contributed by atoms with van der Waals surface area (Å²) in [6.45, 7) is 2.47. The lowest BCUT2D eigenvalue weighted by Gasteiger charge is -2.10. The molecule has 0 spiro atoms. The number of para-hydroxylation sites is 1. The van der Waals surface area contributed by atoms with Crippen LogP contribution in [-0.2, 0) is 11.3 Å². The maximum Gasteiger partial charge on any atom is 0.198 e. The zero-order chi connectivity index (χ0) is 17.9. The fourth-order valence-corrected chi connectivity index (χ4v) is 3.01. The summed E-state index contributed by atoms with van der Waals surface area (Å²) >= 11 is 0. The van der Waals surface area contributed by atoms with Crippen LogP contribution in [0.5, 0.6) is 5.75 Å². The minimum absolute atomic E-state index is 0.0285. The second-order valence-electron chi connectivity index (χ2n) is 6.52. The molecule has 3 aromatic rings. The monoisotopic (exact) mass is 344 g/mol. The number of aryl methyl sites for hydroxylation is 1. The van der Waals surface area contributed by atoms with Crippen molar-refractivity contribution in [3.63, 3.8) is 0 Å². The predicted octanol–water partition coefficient (Wildman–Crippen LogP) is 4.90. The summed E-state index contributed by atoms with van der Waals surface area (Å²) in [7, 11) is 0. The summed E-state index contributed by atoms with van der Waals surface area (Å²) in [5.74, 6) is 0.568. The van der Waals surface area contributed by atoms with Crippen LogP contribution in [-0.4, -0.2) is 11.9 Å². The van der Waals surface area contributed by atoms with Crippen molar-refractivity contribution in [2.24, 2.45) is 0 Å². The minimum atomic E-state index is -0.431. The molecule has 1 aliphatic heterocycles. The number of hydrogen-bond acceptors (Lipinski definition) is 3. The fourth-order valence-electron chi connectivity index (χ4n) is 3.01. The second-order valence-corrected chi connectivity index (χ2v) is 6.52. The topological polar surface area (TPSA) is 38.8 Å². The van der Waals surface area contributed by atoms with Crippen molar-refractivity contribution in [3.8, 4) is 5.75 Å². The van der Waals surface area contributed by atoms with Crippen LogP contribution < -0.4 is 4.74 Å². The van der Waals surface area contributed by atoms with E-state index < -0.39 is 6.10 Å². The molecule has 1 aliphatic rings. The van der Waals surface area contributed by atoms with E-state index in [-0.39, 0.29) is 11.9 Å². The molecule has 4 rings (SSSR count). The van der Waals surface area contributed by atoms with Crippen LogP contribution in [0.4, 0.5) is 0 Å². The van der Waals surface area contributed by atoms with Gasteiger partial charge in [-0.25, -0.2) is 0 Å². The molecule has 26 heavy (non-hydrogen) atoms. The van der Waals surface area contributed by atoms with Crippen molar-refractivity contribution in [1.82, 2.24) is 0 Å². The molecule has 2 atom stereocenters. The molecule has 1 fully saturated rings. The number of benzene rings is 3. The lowest BCUT2D eigenvalue weighted by Crippen LogP contribution is -2.10. The second kappa shape index (κ2) is 7.14. The summed E-state index contributed by atoms with van der Waals surface area (Å²) in [6.07, 6.45) is -0.593. The predicted molar refractivity (Wildman–Crippen MR) is 100 cm³/mol. The first kappa shape index (κ1) is 16.6. The molecule has 0 bridgehead atoms. The molecule has 0 aliphatic carbocycles. The van der Waals surface area contributed by atoms with E-state index in [1.165, 1.54) is 5.56 Å². The Kier molecular flexibility index (Phi) is 4.55. The largest absolute Gasteiger partial charge is 0.488 e. The molecule has 0 amide bonds. The highest BCUT2D eigenvalue weighted by molar-refractivity contribution is 6.03. The van der Waals surface area contributed by atoms with E-state index in [0.717, 1.165) is 11.1 Å². The van der Waals surface area contributed by atoms with Gasteiger partial charge in [-0.15, -0.1) is 0 Å². The Balaban J connectivity index is 1.48. The Morgan fingerprint density at radius 3 is 2.38 bits per heavy atom. The number of ketones is 1. The average Bonchev–Trinajstić information content (AvgIpc) is 3.48. The van der Waals surface area contributed by atoms with Gasteiger partial charge in [0.05, 0.1) is 5.56 Å². The van der Waals surface area contributed by atoms with E-state index >= 15 is 0 Å². The van der Waals surface area contributed by atoms with E-state index in [1.807, 2.05) is 79.7 Å². The molecule has 0 aromatic heterocycles. The SMILES string of the molecule is Cc1ccc(C2OC2C(=O)c2ccccc2OCc2ccccc2)cc1. The molecular weight excluding hydrogens is 324 g/mol. The van der Waals surface area contributed by atoms with E-state index in [2.05, 4.69) is 0 Å². The number of carbonyl (C=O) groups is 1. The van der Waals surface area contributed by atoms with E-state index in [0.29, 0.717) is 17.9 Å². The molecule has 1 saturated heterocycles. The van der Waals surface area contributed by atoms with E-state index in [9.17, 15) is 4.79 Å². The number of epoxide rings is 1. The van der Waals surface area contributed by atoms with Crippen molar-refractivity contribution in [2.45, 2.75) is 25.7 Å². The van der Waals surface area contributed by atoms with Gasteiger partial charge in [0.2, 0.25) is 0 Å². The van der Waals surface area contributed by atoms with Crippen molar-refractivity contribution in [1.29, 1.82) is 0 Å². The summed E-state index contributed by atoms with van der Waals surface area (Å²) < 4.78 is 11.6. The van der Waals surface area contributed by atoms with Crippen molar-refractivity contribution < 1.29 is 14.3 Å². The summed E-state index contributed by atoms with van der Waals surface area (Å²) in [4.78, 5) is 12.9. The van der Waals surface area contributed by atoms with E-state index in [4.69, 9.17) is 9.47 Å². The van der Waals surface area contributed by atoms with Gasteiger partial charge in [-0.3, -0.25) is 4.79 Å². The highest BCUT2D eigenvalue weighted by atomic mass is 16.6. The lowest BCUT2D eigenvalue weighted by molar-refractivity contribution is 0.0949. The van der Waals surface area contributed by atoms with Gasteiger partial charge in [0.25, 0.3) is 0 Å². The Hall–Kier alpha value is -2.91. The zero-order valence-electron chi connectivity index (χ0n) is 14.6. The van der Waals surface area contributed by atoms with Crippen LogP contribution in [0.25, 0.3) is 0 Å². The standard InChI is InChI=1S/C23H20O3/c1-16-11-13-18(14-12-16)22-23(26-22)21(24)19-9-5-6-10-20(19)25-15-17-7-3-2-4-8-17/h2-14,22-23H,15H2,1H3. The summed E-state index contributed by atoms with van der Waals surface area (Å²) in [5.41, 5.74) is 3.87. The molecule has 3 aromatic carbocycles. The Bertz CT molecular complexity index is 900. The quantitative estimate of drug-likeness (QED) is 0.472. The average molecular weight is 344 g/mol.